The molecule has 1 atom stereocenters. The third-order valence-corrected chi connectivity index (χ3v) is 2.31. The molecule has 6 heteroatoms. The van der Waals surface area contributed by atoms with Crippen molar-refractivity contribution < 1.29 is 18.7 Å². The van der Waals surface area contributed by atoms with Gasteiger partial charge in [0.25, 0.3) is 5.92 Å². The average molecular weight is 188 g/mol. The molecular weight excluding hydrogens is 182 g/mol. The summed E-state index contributed by atoms with van der Waals surface area (Å²) in [6.45, 7) is 0. The first-order valence-corrected chi connectivity index (χ1v) is 3.61. The lowest BCUT2D eigenvalue weighted by Crippen LogP contribution is -2.27. The van der Waals surface area contributed by atoms with Crippen LogP contribution in [0.4, 0.5) is 8.78 Å². The number of aliphatic carboxylic acids is 1. The lowest BCUT2D eigenvalue weighted by Gasteiger charge is -2.07. The number of carbonyl (C=O) groups is 1. The fourth-order valence-corrected chi connectivity index (χ4v) is 1.42. The first-order chi connectivity index (χ1) is 6.01. The molecule has 13 heavy (non-hydrogen) atoms. The van der Waals surface area contributed by atoms with Crippen LogP contribution < -0.4 is 0 Å². The molecule has 1 aliphatic carbocycles. The number of hydrogen-bond donors (Lipinski definition) is 2. The number of hydrogen-bond acceptors (Lipinski definition) is 2. The van der Waals surface area contributed by atoms with E-state index in [0.717, 1.165) is 6.20 Å². The van der Waals surface area contributed by atoms with Gasteiger partial charge in [-0.2, -0.15) is 0 Å². The van der Waals surface area contributed by atoms with E-state index in [1.165, 1.54) is 6.33 Å². The maximum absolute atomic E-state index is 12.8. The summed E-state index contributed by atoms with van der Waals surface area (Å²) in [5.74, 6) is -4.67. The number of alkyl halides is 2. The third-order valence-electron chi connectivity index (χ3n) is 2.31. The summed E-state index contributed by atoms with van der Waals surface area (Å²) in [4.78, 5) is 16.6. The van der Waals surface area contributed by atoms with Gasteiger partial charge in [-0.1, -0.05) is 0 Å². The Balaban J connectivity index is 2.45. The van der Waals surface area contributed by atoms with Gasteiger partial charge in [0.1, 0.15) is 0 Å². The molecule has 2 N–H and O–H groups in total. The molecule has 1 aromatic heterocycles. The van der Waals surface area contributed by atoms with Crippen LogP contribution in [0, 0.1) is 0 Å². The highest BCUT2D eigenvalue weighted by atomic mass is 19.3. The highest BCUT2D eigenvalue weighted by Crippen LogP contribution is 2.61. The molecule has 1 unspecified atom stereocenters. The van der Waals surface area contributed by atoms with Gasteiger partial charge in [-0.3, -0.25) is 4.79 Å². The van der Waals surface area contributed by atoms with Crippen LogP contribution in [0.2, 0.25) is 0 Å². The summed E-state index contributed by atoms with van der Waals surface area (Å²) in [6.07, 6.45) is 1.65. The average Bonchev–Trinajstić information content (AvgIpc) is 2.52. The van der Waals surface area contributed by atoms with E-state index < -0.39 is 23.7 Å². The zero-order valence-corrected chi connectivity index (χ0v) is 6.42. The largest absolute Gasteiger partial charge is 0.480 e. The molecule has 2 rings (SSSR count). The predicted octanol–water partition coefficient (Wildman–Crippen LogP) is 0.771. The molecule has 0 spiro atoms. The summed E-state index contributed by atoms with van der Waals surface area (Å²) in [5, 5.41) is 8.68. The molecule has 0 aromatic carbocycles. The van der Waals surface area contributed by atoms with Crippen LogP contribution in [-0.4, -0.2) is 27.0 Å². The van der Waals surface area contributed by atoms with Gasteiger partial charge in [0.2, 0.25) is 0 Å². The van der Waals surface area contributed by atoms with Crippen molar-refractivity contribution >= 4 is 5.97 Å². The SMILES string of the molecule is O=C(O)C1(c2cnc[nH]2)CC1(F)F. The number of aromatic amines is 1. The molecule has 0 aliphatic heterocycles. The summed E-state index contributed by atoms with van der Waals surface area (Å²) >= 11 is 0. The third kappa shape index (κ3) is 0.824. The molecule has 1 saturated carbocycles. The number of H-pyrrole nitrogens is 1. The molecular formula is C7H6F2N2O2. The van der Waals surface area contributed by atoms with Crippen molar-refractivity contribution in [2.75, 3.05) is 0 Å². The van der Waals surface area contributed by atoms with Crippen LogP contribution in [-0.2, 0) is 10.2 Å². The number of nitrogens with zero attached hydrogens (tertiary/aromatic N) is 1. The maximum atomic E-state index is 12.8. The number of nitrogens with one attached hydrogen (secondary N) is 1. The molecule has 1 aliphatic rings. The molecule has 1 aromatic rings. The fraction of sp³-hybridized carbons (Fsp3) is 0.429. The van der Waals surface area contributed by atoms with Crippen molar-refractivity contribution in [2.45, 2.75) is 17.8 Å². The van der Waals surface area contributed by atoms with Crippen molar-refractivity contribution in [3.05, 3.63) is 18.2 Å². The molecule has 4 nitrogen and oxygen atoms in total. The zero-order valence-electron chi connectivity index (χ0n) is 6.42. The van der Waals surface area contributed by atoms with Crippen LogP contribution in [0.15, 0.2) is 12.5 Å². The van der Waals surface area contributed by atoms with E-state index in [0.29, 0.717) is 0 Å². The van der Waals surface area contributed by atoms with E-state index in [1.807, 2.05) is 0 Å². The fourth-order valence-electron chi connectivity index (χ4n) is 1.42. The second kappa shape index (κ2) is 2.07. The Morgan fingerprint density at radius 2 is 2.31 bits per heavy atom. The number of carboxylic acid groups (broad SMARTS) is 1. The number of rotatable bonds is 2. The second-order valence-corrected chi connectivity index (χ2v) is 3.06. The van der Waals surface area contributed by atoms with Crippen molar-refractivity contribution in [3.63, 3.8) is 0 Å². The molecule has 0 radical (unpaired) electrons. The van der Waals surface area contributed by atoms with Gasteiger partial charge in [-0.05, 0) is 0 Å². The number of carboxylic acids is 1. The summed E-state index contributed by atoms with van der Waals surface area (Å²) < 4.78 is 25.7. The highest BCUT2D eigenvalue weighted by Gasteiger charge is 2.78. The standard InChI is InChI=1S/C7H6F2N2O2/c8-7(9)2-6(7,5(12)13)4-1-10-3-11-4/h1,3H,2H2,(H,10,11)(H,12,13). The molecule has 1 fully saturated rings. The molecule has 0 bridgehead atoms. The van der Waals surface area contributed by atoms with Gasteiger partial charge in [0, 0.05) is 12.6 Å². The molecule has 1 heterocycles. The Bertz CT molecular complexity index is 349. The lowest BCUT2D eigenvalue weighted by molar-refractivity contribution is -0.143. The van der Waals surface area contributed by atoms with E-state index in [9.17, 15) is 13.6 Å². The van der Waals surface area contributed by atoms with Gasteiger partial charge in [0.15, 0.2) is 5.41 Å². The Morgan fingerprint density at radius 3 is 2.62 bits per heavy atom. The Hall–Kier alpha value is -1.46. The molecule has 70 valence electrons. The lowest BCUT2D eigenvalue weighted by atomic mass is 10.0. The van der Waals surface area contributed by atoms with Gasteiger partial charge in [-0.25, -0.2) is 13.8 Å². The highest BCUT2D eigenvalue weighted by molar-refractivity contribution is 5.86. The van der Waals surface area contributed by atoms with E-state index in [1.54, 1.807) is 0 Å². The van der Waals surface area contributed by atoms with E-state index in [2.05, 4.69) is 9.97 Å². The minimum Gasteiger partial charge on any atom is -0.480 e. The number of imidazole rings is 1. The minimum atomic E-state index is -3.16. The van der Waals surface area contributed by atoms with Crippen LogP contribution in [0.3, 0.4) is 0 Å². The van der Waals surface area contributed by atoms with E-state index in [-0.39, 0.29) is 5.69 Å². The summed E-state index contributed by atoms with van der Waals surface area (Å²) in [6, 6.07) is 0. The van der Waals surface area contributed by atoms with Crippen LogP contribution >= 0.6 is 0 Å². The topological polar surface area (TPSA) is 66.0 Å². The Labute approximate surface area is 71.6 Å². The van der Waals surface area contributed by atoms with Gasteiger partial charge in [0.05, 0.1) is 12.0 Å². The minimum absolute atomic E-state index is 0.0370. The van der Waals surface area contributed by atoms with Gasteiger partial charge < -0.3 is 10.1 Å². The maximum Gasteiger partial charge on any atom is 0.322 e. The summed E-state index contributed by atoms with van der Waals surface area (Å²) in [7, 11) is 0. The molecule has 0 amide bonds. The second-order valence-electron chi connectivity index (χ2n) is 3.06. The monoisotopic (exact) mass is 188 g/mol. The van der Waals surface area contributed by atoms with Crippen molar-refractivity contribution in [1.82, 2.24) is 9.97 Å². The van der Waals surface area contributed by atoms with Gasteiger partial charge in [-0.15, -0.1) is 0 Å². The van der Waals surface area contributed by atoms with Crippen molar-refractivity contribution in [2.24, 2.45) is 0 Å². The van der Waals surface area contributed by atoms with E-state index in [4.69, 9.17) is 5.11 Å². The summed E-state index contributed by atoms with van der Waals surface area (Å²) in [5.41, 5.74) is -2.10. The van der Waals surface area contributed by atoms with Crippen molar-refractivity contribution in [1.29, 1.82) is 0 Å². The van der Waals surface area contributed by atoms with Crippen LogP contribution in [0.25, 0.3) is 0 Å². The number of aromatic nitrogens is 2. The predicted molar refractivity (Wildman–Crippen MR) is 37.5 cm³/mol. The normalized spacial score (nSPS) is 30.0. The first kappa shape index (κ1) is 8.15. The Kier molecular flexibility index (Phi) is 1.30. The quantitative estimate of drug-likeness (QED) is 0.720. The smallest absolute Gasteiger partial charge is 0.322 e. The van der Waals surface area contributed by atoms with Gasteiger partial charge >= 0.3 is 5.97 Å². The van der Waals surface area contributed by atoms with Crippen molar-refractivity contribution in [3.8, 4) is 0 Å². The van der Waals surface area contributed by atoms with Crippen LogP contribution in [0.5, 0.6) is 0 Å². The molecule has 0 saturated heterocycles. The van der Waals surface area contributed by atoms with Crippen LogP contribution in [0.1, 0.15) is 12.1 Å². The number of halogens is 2. The van der Waals surface area contributed by atoms with E-state index >= 15 is 0 Å². The zero-order chi connectivity index (χ0) is 9.69. The first-order valence-electron chi connectivity index (χ1n) is 3.61. The Morgan fingerprint density at radius 1 is 1.69 bits per heavy atom.